The van der Waals surface area contributed by atoms with Gasteiger partial charge in [-0.1, -0.05) is 35.3 Å². The Labute approximate surface area is 128 Å². The van der Waals surface area contributed by atoms with E-state index in [9.17, 15) is 0 Å². The fourth-order valence-corrected chi connectivity index (χ4v) is 2.67. The molecule has 0 fully saturated rings. The van der Waals surface area contributed by atoms with Gasteiger partial charge in [0.15, 0.2) is 5.65 Å². The van der Waals surface area contributed by atoms with E-state index in [-0.39, 0.29) is 0 Å². The first-order valence-electron chi connectivity index (χ1n) is 5.23. The largest absolute Gasteiger partial charge is 0.304 e. The van der Waals surface area contributed by atoms with Crippen molar-refractivity contribution >= 4 is 51.4 Å². The summed E-state index contributed by atoms with van der Waals surface area (Å²) in [6, 6.07) is 9.88. The molecule has 90 valence electrons. The fraction of sp³-hybridized carbons (Fsp3) is 0. The summed E-state index contributed by atoms with van der Waals surface area (Å²) in [6.45, 7) is 0. The second-order valence-electron chi connectivity index (χ2n) is 3.87. The minimum Gasteiger partial charge on any atom is -0.304 e. The van der Waals surface area contributed by atoms with Crippen LogP contribution >= 0.6 is 45.8 Å². The molecule has 1 aromatic carbocycles. The van der Waals surface area contributed by atoms with Crippen molar-refractivity contribution in [3.8, 4) is 11.3 Å². The average molecular weight is 389 g/mol. The van der Waals surface area contributed by atoms with Gasteiger partial charge in [-0.25, -0.2) is 4.98 Å². The van der Waals surface area contributed by atoms with Crippen LogP contribution < -0.4 is 0 Å². The molecule has 0 aliphatic heterocycles. The summed E-state index contributed by atoms with van der Waals surface area (Å²) in [7, 11) is 0. The zero-order valence-corrected chi connectivity index (χ0v) is 12.7. The zero-order valence-electron chi connectivity index (χ0n) is 9.07. The number of hydrogen-bond acceptors (Lipinski definition) is 1. The Morgan fingerprint density at radius 1 is 1.06 bits per heavy atom. The minimum atomic E-state index is 0.555. The van der Waals surface area contributed by atoms with E-state index in [4.69, 9.17) is 23.2 Å². The Kier molecular flexibility index (Phi) is 3.21. The van der Waals surface area contributed by atoms with Gasteiger partial charge in [-0.3, -0.25) is 0 Å². The van der Waals surface area contributed by atoms with Crippen molar-refractivity contribution < 1.29 is 0 Å². The number of pyridine rings is 1. The summed E-state index contributed by atoms with van der Waals surface area (Å²) < 4.78 is 3.04. The van der Waals surface area contributed by atoms with Crippen molar-refractivity contribution in [2.75, 3.05) is 0 Å². The Bertz CT molecular complexity index is 720. The van der Waals surface area contributed by atoms with Crippen LogP contribution in [-0.4, -0.2) is 9.38 Å². The summed E-state index contributed by atoms with van der Waals surface area (Å²) in [5.41, 5.74) is 2.66. The SMILES string of the molecule is Clc1cc(Cl)c2nc(-c3ccc(I)cc3)cn2c1. The molecule has 2 nitrogen and oxygen atoms in total. The Balaban J connectivity index is 2.19. The lowest BCUT2D eigenvalue weighted by molar-refractivity contribution is 1.19. The van der Waals surface area contributed by atoms with Crippen molar-refractivity contribution in [3.05, 3.63) is 56.3 Å². The molecule has 0 amide bonds. The number of aromatic nitrogens is 2. The molecular formula is C13H7Cl2IN2. The molecule has 0 atom stereocenters. The molecule has 2 heterocycles. The van der Waals surface area contributed by atoms with E-state index in [1.807, 2.05) is 22.7 Å². The van der Waals surface area contributed by atoms with E-state index in [0.29, 0.717) is 10.0 Å². The van der Waals surface area contributed by atoms with Gasteiger partial charge in [0.05, 0.1) is 15.7 Å². The number of benzene rings is 1. The summed E-state index contributed by atoms with van der Waals surface area (Å²) in [5.74, 6) is 0. The van der Waals surface area contributed by atoms with Gasteiger partial charge in [-0.15, -0.1) is 0 Å². The monoisotopic (exact) mass is 388 g/mol. The standard InChI is InChI=1S/C13H7Cl2IN2/c14-9-5-11(15)13-17-12(7-18(13)6-9)8-1-3-10(16)4-2-8/h1-7H. The zero-order chi connectivity index (χ0) is 12.7. The molecule has 0 saturated heterocycles. The number of rotatable bonds is 1. The highest BCUT2D eigenvalue weighted by atomic mass is 127. The highest BCUT2D eigenvalue weighted by molar-refractivity contribution is 14.1. The molecule has 0 N–H and O–H groups in total. The van der Waals surface area contributed by atoms with Crippen molar-refractivity contribution in [2.24, 2.45) is 0 Å². The highest BCUT2D eigenvalue weighted by Gasteiger charge is 2.08. The predicted molar refractivity (Wildman–Crippen MR) is 83.4 cm³/mol. The van der Waals surface area contributed by atoms with Crippen LogP contribution in [0.15, 0.2) is 42.7 Å². The molecule has 0 spiro atoms. The lowest BCUT2D eigenvalue weighted by Gasteiger charge is -1.95. The molecule has 0 saturated carbocycles. The summed E-state index contributed by atoms with van der Waals surface area (Å²) in [6.07, 6.45) is 3.72. The average Bonchev–Trinajstić information content (AvgIpc) is 2.74. The minimum absolute atomic E-state index is 0.555. The van der Waals surface area contributed by atoms with Crippen LogP contribution in [0.5, 0.6) is 0 Å². The molecule has 0 radical (unpaired) electrons. The van der Waals surface area contributed by atoms with Gasteiger partial charge in [0.2, 0.25) is 0 Å². The van der Waals surface area contributed by atoms with E-state index in [1.54, 1.807) is 12.3 Å². The molecule has 3 aromatic rings. The van der Waals surface area contributed by atoms with Gasteiger partial charge < -0.3 is 4.40 Å². The first kappa shape index (κ1) is 12.3. The van der Waals surface area contributed by atoms with E-state index in [0.717, 1.165) is 16.9 Å². The molecular weight excluding hydrogens is 382 g/mol. The van der Waals surface area contributed by atoms with Gasteiger partial charge in [-0.2, -0.15) is 0 Å². The third-order valence-electron chi connectivity index (χ3n) is 2.61. The number of imidazole rings is 1. The van der Waals surface area contributed by atoms with Crippen molar-refractivity contribution in [2.45, 2.75) is 0 Å². The van der Waals surface area contributed by atoms with E-state index >= 15 is 0 Å². The maximum absolute atomic E-state index is 6.12. The second-order valence-corrected chi connectivity index (χ2v) is 5.96. The summed E-state index contributed by atoms with van der Waals surface area (Å²) >= 11 is 14.4. The maximum atomic E-state index is 6.12. The molecule has 18 heavy (non-hydrogen) atoms. The van der Waals surface area contributed by atoms with E-state index in [1.165, 1.54) is 3.57 Å². The lowest BCUT2D eigenvalue weighted by atomic mass is 10.2. The number of fused-ring (bicyclic) bond motifs is 1. The number of hydrogen-bond donors (Lipinski definition) is 0. The molecule has 3 rings (SSSR count). The molecule has 5 heteroatoms. The van der Waals surface area contributed by atoms with Gasteiger partial charge in [0.1, 0.15) is 0 Å². The smallest absolute Gasteiger partial charge is 0.156 e. The van der Waals surface area contributed by atoms with E-state index in [2.05, 4.69) is 39.7 Å². The van der Waals surface area contributed by atoms with Crippen LogP contribution in [0.4, 0.5) is 0 Å². The molecule has 0 unspecified atom stereocenters. The quantitative estimate of drug-likeness (QED) is 0.541. The van der Waals surface area contributed by atoms with Gasteiger partial charge >= 0.3 is 0 Å². The predicted octanol–water partition coefficient (Wildman–Crippen LogP) is 4.91. The first-order chi connectivity index (χ1) is 8.63. The van der Waals surface area contributed by atoms with Crippen molar-refractivity contribution in [1.82, 2.24) is 9.38 Å². The van der Waals surface area contributed by atoms with Crippen LogP contribution in [0.25, 0.3) is 16.9 Å². The topological polar surface area (TPSA) is 17.3 Å². The van der Waals surface area contributed by atoms with Crippen LogP contribution in [0.2, 0.25) is 10.0 Å². The maximum Gasteiger partial charge on any atom is 0.156 e. The van der Waals surface area contributed by atoms with Gasteiger partial charge in [0, 0.05) is 21.5 Å². The Morgan fingerprint density at radius 2 is 1.78 bits per heavy atom. The van der Waals surface area contributed by atoms with Gasteiger partial charge in [0.25, 0.3) is 0 Å². The second kappa shape index (κ2) is 4.72. The summed E-state index contributed by atoms with van der Waals surface area (Å²) in [5, 5.41) is 1.15. The van der Waals surface area contributed by atoms with Crippen molar-refractivity contribution in [1.29, 1.82) is 0 Å². The number of nitrogens with zero attached hydrogens (tertiary/aromatic N) is 2. The summed E-state index contributed by atoms with van der Waals surface area (Å²) in [4.78, 5) is 4.52. The molecule has 0 bridgehead atoms. The molecule has 0 aliphatic rings. The Morgan fingerprint density at radius 3 is 2.50 bits per heavy atom. The fourth-order valence-electron chi connectivity index (χ4n) is 1.78. The third kappa shape index (κ3) is 2.22. The van der Waals surface area contributed by atoms with Crippen LogP contribution in [0.1, 0.15) is 0 Å². The lowest BCUT2D eigenvalue weighted by Crippen LogP contribution is -1.82. The van der Waals surface area contributed by atoms with Crippen molar-refractivity contribution in [3.63, 3.8) is 0 Å². The highest BCUT2D eigenvalue weighted by Crippen LogP contribution is 2.26. The molecule has 2 aromatic heterocycles. The Hall–Kier alpha value is -0.780. The molecule has 0 aliphatic carbocycles. The van der Waals surface area contributed by atoms with Crippen LogP contribution in [0, 0.1) is 3.57 Å². The number of halogens is 3. The first-order valence-corrected chi connectivity index (χ1v) is 7.06. The van der Waals surface area contributed by atoms with Crippen LogP contribution in [-0.2, 0) is 0 Å². The van der Waals surface area contributed by atoms with Gasteiger partial charge in [-0.05, 0) is 40.8 Å². The van der Waals surface area contributed by atoms with Crippen LogP contribution in [0.3, 0.4) is 0 Å². The normalized spacial score (nSPS) is 11.1. The third-order valence-corrected chi connectivity index (χ3v) is 3.82. The van der Waals surface area contributed by atoms with E-state index < -0.39 is 0 Å².